The second-order valence-corrected chi connectivity index (χ2v) is 10.0. The molecule has 0 bridgehead atoms. The lowest BCUT2D eigenvalue weighted by Gasteiger charge is -2.33. The molecule has 0 radical (unpaired) electrons. The van der Waals surface area contributed by atoms with Crippen molar-refractivity contribution in [3.05, 3.63) is 59.7 Å². The monoisotopic (exact) mass is 467 g/mol. The summed E-state index contributed by atoms with van der Waals surface area (Å²) in [6.45, 7) is 6.70. The van der Waals surface area contributed by atoms with Crippen LogP contribution in [0.3, 0.4) is 0 Å². The van der Waals surface area contributed by atoms with Gasteiger partial charge in [-0.15, -0.1) is 0 Å². The molecule has 0 atom stereocenters. The molecule has 1 saturated heterocycles. The van der Waals surface area contributed by atoms with Gasteiger partial charge in [0.1, 0.15) is 11.1 Å². The second-order valence-electron chi connectivity index (χ2n) is 9.11. The highest BCUT2D eigenvalue weighted by atomic mass is 32.2. The Morgan fingerprint density at radius 3 is 2.55 bits per heavy atom. The Bertz CT molecular complexity index is 1100. The topological polar surface area (TPSA) is 84.7 Å². The van der Waals surface area contributed by atoms with E-state index in [4.69, 9.17) is 9.15 Å². The van der Waals surface area contributed by atoms with Crippen molar-refractivity contribution < 1.29 is 18.7 Å². The van der Waals surface area contributed by atoms with Crippen LogP contribution in [0, 0.1) is 0 Å². The van der Waals surface area contributed by atoms with Gasteiger partial charge in [0.25, 0.3) is 11.1 Å². The van der Waals surface area contributed by atoms with Crippen LogP contribution in [0.1, 0.15) is 49.5 Å². The molecular weight excluding hydrogens is 438 g/mol. The van der Waals surface area contributed by atoms with Crippen LogP contribution >= 0.6 is 11.8 Å². The van der Waals surface area contributed by atoms with Crippen molar-refractivity contribution in [3.8, 4) is 0 Å². The molecule has 33 heavy (non-hydrogen) atoms. The van der Waals surface area contributed by atoms with Gasteiger partial charge in [0.15, 0.2) is 5.58 Å². The van der Waals surface area contributed by atoms with Crippen LogP contribution in [0.2, 0.25) is 0 Å². The molecule has 1 aliphatic heterocycles. The van der Waals surface area contributed by atoms with Crippen molar-refractivity contribution in [3.63, 3.8) is 0 Å². The molecule has 1 aromatic heterocycles. The number of carbonyl (C=O) groups excluding carboxylic acids is 2. The van der Waals surface area contributed by atoms with Crippen molar-refractivity contribution >= 4 is 34.9 Å². The van der Waals surface area contributed by atoms with E-state index in [1.807, 2.05) is 74.2 Å². The standard InChI is InChI=1S/C25H29N3O4S/c1-25(2,3)32-23(30)26-18-12-14-28(15-13-18)22(29)19-9-5-4-8-17(19)16-33-24-27-20-10-6-7-11-21(20)31-24/h4-11,18H,12-16H2,1-3H3,(H,26,30). The minimum atomic E-state index is -0.527. The predicted octanol–water partition coefficient (Wildman–Crippen LogP) is 5.25. The van der Waals surface area contributed by atoms with Crippen LogP contribution in [-0.4, -0.2) is 46.6 Å². The van der Waals surface area contributed by atoms with Gasteiger partial charge in [0, 0.05) is 30.4 Å². The zero-order chi connectivity index (χ0) is 23.4. The largest absolute Gasteiger partial charge is 0.444 e. The third kappa shape index (κ3) is 6.07. The van der Waals surface area contributed by atoms with E-state index in [0.29, 0.717) is 42.5 Å². The van der Waals surface area contributed by atoms with Gasteiger partial charge in [0.05, 0.1) is 0 Å². The summed E-state index contributed by atoms with van der Waals surface area (Å²) in [6, 6.07) is 15.3. The van der Waals surface area contributed by atoms with Gasteiger partial charge >= 0.3 is 6.09 Å². The number of oxazole rings is 1. The summed E-state index contributed by atoms with van der Waals surface area (Å²) < 4.78 is 11.1. The number of fused-ring (bicyclic) bond motifs is 1. The Kier molecular flexibility index (Phi) is 6.93. The lowest BCUT2D eigenvalue weighted by Crippen LogP contribution is -2.47. The zero-order valence-corrected chi connectivity index (χ0v) is 20.0. The number of rotatable bonds is 5. The molecular formula is C25H29N3O4S. The Morgan fingerprint density at radius 1 is 1.12 bits per heavy atom. The van der Waals surface area contributed by atoms with Gasteiger partial charge in [-0.2, -0.15) is 0 Å². The van der Waals surface area contributed by atoms with Crippen molar-refractivity contribution in [1.82, 2.24) is 15.2 Å². The fraction of sp³-hybridized carbons (Fsp3) is 0.400. The summed E-state index contributed by atoms with van der Waals surface area (Å²) in [6.07, 6.45) is 0.990. The highest BCUT2D eigenvalue weighted by Gasteiger charge is 2.27. The number of alkyl carbamates (subject to hydrolysis) is 1. The molecule has 1 N–H and O–H groups in total. The maximum Gasteiger partial charge on any atom is 0.407 e. The van der Waals surface area contributed by atoms with E-state index in [1.165, 1.54) is 11.8 Å². The van der Waals surface area contributed by atoms with Crippen molar-refractivity contribution in [2.45, 2.75) is 56.2 Å². The van der Waals surface area contributed by atoms with Crippen molar-refractivity contribution in [2.24, 2.45) is 0 Å². The van der Waals surface area contributed by atoms with E-state index < -0.39 is 11.7 Å². The molecule has 2 amide bonds. The number of ether oxygens (including phenoxy) is 1. The van der Waals surface area contributed by atoms with E-state index >= 15 is 0 Å². The first-order valence-corrected chi connectivity index (χ1v) is 12.1. The molecule has 174 valence electrons. The number of hydrogen-bond acceptors (Lipinski definition) is 6. The molecule has 3 aromatic rings. The summed E-state index contributed by atoms with van der Waals surface area (Å²) in [4.78, 5) is 31.6. The molecule has 4 rings (SSSR count). The summed E-state index contributed by atoms with van der Waals surface area (Å²) in [5.74, 6) is 0.602. The maximum absolute atomic E-state index is 13.3. The summed E-state index contributed by atoms with van der Waals surface area (Å²) in [7, 11) is 0. The molecule has 0 unspecified atom stereocenters. The molecule has 2 aromatic carbocycles. The van der Waals surface area contributed by atoms with Gasteiger partial charge in [-0.25, -0.2) is 9.78 Å². The first kappa shape index (κ1) is 23.2. The summed E-state index contributed by atoms with van der Waals surface area (Å²) in [5, 5.41) is 3.51. The van der Waals surface area contributed by atoms with Crippen LogP contribution in [0.4, 0.5) is 4.79 Å². The molecule has 0 spiro atoms. The van der Waals surface area contributed by atoms with E-state index in [0.717, 1.165) is 16.7 Å². The highest BCUT2D eigenvalue weighted by molar-refractivity contribution is 7.98. The van der Waals surface area contributed by atoms with E-state index in [9.17, 15) is 9.59 Å². The van der Waals surface area contributed by atoms with Crippen LogP contribution in [-0.2, 0) is 10.5 Å². The van der Waals surface area contributed by atoms with Crippen LogP contribution in [0.5, 0.6) is 0 Å². The number of nitrogens with zero attached hydrogens (tertiary/aromatic N) is 2. The first-order valence-electron chi connectivity index (χ1n) is 11.1. The maximum atomic E-state index is 13.3. The quantitative estimate of drug-likeness (QED) is 0.516. The van der Waals surface area contributed by atoms with Crippen molar-refractivity contribution in [1.29, 1.82) is 0 Å². The average molecular weight is 468 g/mol. The number of thioether (sulfide) groups is 1. The van der Waals surface area contributed by atoms with E-state index in [2.05, 4.69) is 10.3 Å². The highest BCUT2D eigenvalue weighted by Crippen LogP contribution is 2.28. The Morgan fingerprint density at radius 2 is 1.82 bits per heavy atom. The van der Waals surface area contributed by atoms with Gasteiger partial charge < -0.3 is 19.4 Å². The Labute approximate surface area is 197 Å². The average Bonchev–Trinajstić information content (AvgIpc) is 3.20. The number of aromatic nitrogens is 1. The van der Waals surface area contributed by atoms with Gasteiger partial charge in [-0.05, 0) is 57.4 Å². The lowest BCUT2D eigenvalue weighted by atomic mass is 10.0. The number of amides is 2. The molecule has 2 heterocycles. The van der Waals surface area contributed by atoms with Crippen LogP contribution < -0.4 is 5.32 Å². The number of para-hydroxylation sites is 2. The number of carbonyl (C=O) groups is 2. The molecule has 7 nitrogen and oxygen atoms in total. The summed E-state index contributed by atoms with van der Waals surface area (Å²) in [5.41, 5.74) is 2.70. The Balaban J connectivity index is 1.35. The first-order chi connectivity index (χ1) is 15.8. The molecule has 1 fully saturated rings. The SMILES string of the molecule is CC(C)(C)OC(=O)NC1CCN(C(=O)c2ccccc2CSc2nc3ccccc3o2)CC1. The number of benzene rings is 2. The van der Waals surface area contributed by atoms with Gasteiger partial charge in [-0.1, -0.05) is 42.1 Å². The third-order valence-electron chi connectivity index (χ3n) is 5.38. The Hall–Kier alpha value is -3.00. The molecule has 1 aliphatic rings. The molecule has 8 heteroatoms. The van der Waals surface area contributed by atoms with Gasteiger partial charge in [0.2, 0.25) is 0 Å². The van der Waals surface area contributed by atoms with Gasteiger partial charge in [-0.3, -0.25) is 4.79 Å². The number of likely N-dealkylation sites (tertiary alicyclic amines) is 1. The third-order valence-corrected chi connectivity index (χ3v) is 6.25. The number of piperidine rings is 1. The van der Waals surface area contributed by atoms with Crippen molar-refractivity contribution in [2.75, 3.05) is 13.1 Å². The minimum Gasteiger partial charge on any atom is -0.444 e. The van der Waals surface area contributed by atoms with Crippen LogP contribution in [0.25, 0.3) is 11.1 Å². The predicted molar refractivity (Wildman–Crippen MR) is 128 cm³/mol. The molecule has 0 aliphatic carbocycles. The summed E-state index contributed by atoms with van der Waals surface area (Å²) >= 11 is 1.48. The van der Waals surface area contributed by atoms with E-state index in [1.54, 1.807) is 0 Å². The van der Waals surface area contributed by atoms with Crippen LogP contribution in [0.15, 0.2) is 58.2 Å². The molecule has 0 saturated carbocycles. The van der Waals surface area contributed by atoms with E-state index in [-0.39, 0.29) is 11.9 Å². The zero-order valence-electron chi connectivity index (χ0n) is 19.2. The fourth-order valence-corrected chi connectivity index (χ4v) is 4.62. The normalized spacial score (nSPS) is 14.9. The second kappa shape index (κ2) is 9.87. The lowest BCUT2D eigenvalue weighted by molar-refractivity contribution is 0.0473. The number of nitrogens with one attached hydrogen (secondary N) is 1. The fourth-order valence-electron chi connectivity index (χ4n) is 3.78. The smallest absolute Gasteiger partial charge is 0.407 e. The number of hydrogen-bond donors (Lipinski definition) is 1. The minimum absolute atomic E-state index is 0.00820.